The molecule has 6 rings (SSSR count). The van der Waals surface area contributed by atoms with Crippen molar-refractivity contribution in [2.24, 2.45) is 0 Å². The molecule has 4 heterocycles. The number of hydrogen-bond donors (Lipinski definition) is 0. The average Bonchev–Trinajstić information content (AvgIpc) is 3.25. The van der Waals surface area contributed by atoms with Crippen LogP contribution in [0.4, 0.5) is 5.82 Å². The first-order valence-electron chi connectivity index (χ1n) is 12.9. The lowest BCUT2D eigenvalue weighted by Crippen LogP contribution is -2.63. The molecule has 2 aromatic carbocycles. The molecule has 11 heteroatoms. The number of aromatic nitrogens is 2. The molecule has 1 spiro atoms. The van der Waals surface area contributed by atoms with Crippen molar-refractivity contribution in [1.82, 2.24) is 19.2 Å². The zero-order valence-electron chi connectivity index (χ0n) is 21.3. The zero-order valence-corrected chi connectivity index (χ0v) is 22.1. The molecule has 200 valence electrons. The average molecular weight is 538 g/mol. The van der Waals surface area contributed by atoms with Gasteiger partial charge in [-0.25, -0.2) is 18.4 Å². The molecule has 0 N–H and O–H groups in total. The molecule has 0 aliphatic carbocycles. The molecular weight excluding hydrogens is 506 g/mol. The number of carbonyl (C=O) groups is 1. The summed E-state index contributed by atoms with van der Waals surface area (Å²) in [6, 6.07) is 14.8. The minimum Gasteiger partial charge on any atom is -0.461 e. The Bertz CT molecular complexity index is 1440. The molecular formula is C27H31N5O5S. The van der Waals surface area contributed by atoms with Crippen molar-refractivity contribution >= 4 is 32.6 Å². The van der Waals surface area contributed by atoms with E-state index in [1.807, 2.05) is 36.4 Å². The molecule has 3 fully saturated rings. The van der Waals surface area contributed by atoms with Gasteiger partial charge in [0, 0.05) is 45.8 Å². The number of esters is 1. The summed E-state index contributed by atoms with van der Waals surface area (Å²) < 4.78 is 41.4. The highest BCUT2D eigenvalue weighted by Gasteiger charge is 2.59. The summed E-state index contributed by atoms with van der Waals surface area (Å²) in [6.07, 6.45) is 4.79. The first-order valence-corrected chi connectivity index (χ1v) is 14.3. The third-order valence-corrected chi connectivity index (χ3v) is 9.77. The van der Waals surface area contributed by atoms with Crippen LogP contribution in [0, 0.1) is 0 Å². The minimum atomic E-state index is -3.79. The number of nitrogens with zero attached hydrogens (tertiary/aromatic N) is 5. The summed E-state index contributed by atoms with van der Waals surface area (Å²) in [6.45, 7) is 4.43. The van der Waals surface area contributed by atoms with Crippen LogP contribution in [-0.2, 0) is 24.3 Å². The van der Waals surface area contributed by atoms with Gasteiger partial charge in [-0.3, -0.25) is 9.69 Å². The van der Waals surface area contributed by atoms with Crippen LogP contribution < -0.4 is 4.90 Å². The fourth-order valence-electron chi connectivity index (χ4n) is 5.93. The fourth-order valence-corrected chi connectivity index (χ4v) is 7.44. The van der Waals surface area contributed by atoms with Gasteiger partial charge in [0.25, 0.3) is 0 Å². The number of rotatable bonds is 5. The maximum atomic E-state index is 13.8. The number of fused-ring (bicyclic) bond motifs is 2. The first kappa shape index (κ1) is 25.2. The van der Waals surface area contributed by atoms with Gasteiger partial charge < -0.3 is 14.4 Å². The number of piperazine rings is 1. The molecule has 0 radical (unpaired) electrons. The second kappa shape index (κ2) is 9.57. The Morgan fingerprint density at radius 2 is 1.82 bits per heavy atom. The monoisotopic (exact) mass is 537 g/mol. The van der Waals surface area contributed by atoms with Crippen LogP contribution in [0.15, 0.2) is 66.0 Å². The van der Waals surface area contributed by atoms with E-state index in [-0.39, 0.29) is 18.0 Å². The molecule has 3 aliphatic rings. The van der Waals surface area contributed by atoms with Crippen molar-refractivity contribution in [2.75, 3.05) is 50.8 Å². The summed E-state index contributed by atoms with van der Waals surface area (Å²) in [7, 11) is -3.79. The summed E-state index contributed by atoms with van der Waals surface area (Å²) in [5.74, 6) is 0.463. The Kier molecular flexibility index (Phi) is 6.34. The van der Waals surface area contributed by atoms with Gasteiger partial charge >= 0.3 is 5.97 Å². The van der Waals surface area contributed by atoms with Crippen molar-refractivity contribution in [3.63, 3.8) is 0 Å². The van der Waals surface area contributed by atoms with E-state index in [9.17, 15) is 13.2 Å². The maximum absolute atomic E-state index is 13.8. The van der Waals surface area contributed by atoms with E-state index < -0.39 is 27.3 Å². The summed E-state index contributed by atoms with van der Waals surface area (Å²) >= 11 is 0. The van der Waals surface area contributed by atoms with Crippen molar-refractivity contribution < 1.29 is 22.7 Å². The van der Waals surface area contributed by atoms with Gasteiger partial charge in [-0.1, -0.05) is 30.3 Å². The third-order valence-electron chi connectivity index (χ3n) is 7.93. The van der Waals surface area contributed by atoms with E-state index in [4.69, 9.17) is 9.47 Å². The number of ether oxygens (including phenoxy) is 2. The molecule has 1 atom stereocenters. The summed E-state index contributed by atoms with van der Waals surface area (Å²) in [5.41, 5.74) is -1.49. The predicted octanol–water partition coefficient (Wildman–Crippen LogP) is 2.26. The predicted molar refractivity (Wildman–Crippen MR) is 141 cm³/mol. The Morgan fingerprint density at radius 3 is 2.55 bits per heavy atom. The Labute approximate surface area is 222 Å². The molecule has 38 heavy (non-hydrogen) atoms. The normalized spacial score (nSPS) is 24.0. The molecule has 0 bridgehead atoms. The molecule has 0 amide bonds. The fraction of sp³-hybridized carbons (Fsp3) is 0.444. The number of anilines is 1. The summed E-state index contributed by atoms with van der Waals surface area (Å²) in [5, 5.41) is 1.85. The van der Waals surface area contributed by atoms with E-state index in [0.29, 0.717) is 19.6 Å². The number of piperidine rings is 1. The smallest absolute Gasteiger partial charge is 0.302 e. The van der Waals surface area contributed by atoms with E-state index >= 15 is 0 Å². The van der Waals surface area contributed by atoms with Gasteiger partial charge in [0.1, 0.15) is 18.8 Å². The van der Waals surface area contributed by atoms with Crippen LogP contribution in [0.2, 0.25) is 0 Å². The van der Waals surface area contributed by atoms with Crippen molar-refractivity contribution in [2.45, 2.75) is 36.0 Å². The topological polar surface area (TPSA) is 105 Å². The van der Waals surface area contributed by atoms with Gasteiger partial charge in [0.2, 0.25) is 10.0 Å². The number of benzene rings is 2. The highest BCUT2D eigenvalue weighted by Crippen LogP contribution is 2.44. The standard InChI is InChI=1S/C27H31N5O5S/c1-21(33)36-19-27-18-32(38(34,35)24-7-6-22-4-2-3-5-23(22)16-24)15-14-31(27)17-26(37-27)9-12-30(13-10-26)25-8-11-28-20-29-25/h2-8,11,16,20H,9-10,12-15,17-19H2,1H3. The first-order chi connectivity index (χ1) is 18.3. The Hall–Kier alpha value is -3.12. The van der Waals surface area contributed by atoms with Gasteiger partial charge in [0.15, 0.2) is 5.72 Å². The lowest BCUT2D eigenvalue weighted by molar-refractivity contribution is -0.196. The number of carbonyl (C=O) groups excluding carboxylic acids is 1. The van der Waals surface area contributed by atoms with Crippen LogP contribution in [0.25, 0.3) is 10.8 Å². The SMILES string of the molecule is CC(=O)OCC12CN(S(=O)(=O)c3ccc4ccccc4c3)CCN1CC1(CCN(c3ccncn3)CC1)O2. The van der Waals surface area contributed by atoms with E-state index in [1.54, 1.807) is 24.7 Å². The largest absolute Gasteiger partial charge is 0.461 e. The second-order valence-electron chi connectivity index (χ2n) is 10.3. The molecule has 3 saturated heterocycles. The van der Waals surface area contributed by atoms with E-state index in [0.717, 1.165) is 42.5 Å². The van der Waals surface area contributed by atoms with Crippen LogP contribution in [0.5, 0.6) is 0 Å². The molecule has 1 unspecified atom stereocenters. The minimum absolute atomic E-state index is 0.0244. The van der Waals surface area contributed by atoms with Crippen molar-refractivity contribution in [3.8, 4) is 0 Å². The van der Waals surface area contributed by atoms with E-state index in [1.165, 1.54) is 11.2 Å². The third kappa shape index (κ3) is 4.53. The Balaban J connectivity index is 1.25. The van der Waals surface area contributed by atoms with Crippen LogP contribution in [-0.4, -0.2) is 90.8 Å². The van der Waals surface area contributed by atoms with E-state index in [2.05, 4.69) is 19.8 Å². The molecule has 3 aliphatic heterocycles. The molecule has 3 aromatic rings. The van der Waals surface area contributed by atoms with Crippen LogP contribution >= 0.6 is 0 Å². The lowest BCUT2D eigenvalue weighted by atomic mass is 9.91. The van der Waals surface area contributed by atoms with Gasteiger partial charge in [-0.05, 0) is 41.8 Å². The Morgan fingerprint density at radius 1 is 1.03 bits per heavy atom. The second-order valence-corrected chi connectivity index (χ2v) is 12.3. The van der Waals surface area contributed by atoms with Gasteiger partial charge in [0.05, 0.1) is 17.0 Å². The maximum Gasteiger partial charge on any atom is 0.302 e. The molecule has 10 nitrogen and oxygen atoms in total. The summed E-state index contributed by atoms with van der Waals surface area (Å²) in [4.78, 5) is 24.8. The number of sulfonamides is 1. The quantitative estimate of drug-likeness (QED) is 0.453. The van der Waals surface area contributed by atoms with Gasteiger partial charge in [-0.15, -0.1) is 0 Å². The number of hydrogen-bond acceptors (Lipinski definition) is 9. The molecule has 0 saturated carbocycles. The van der Waals surface area contributed by atoms with Crippen molar-refractivity contribution in [3.05, 3.63) is 61.1 Å². The molecule has 1 aromatic heterocycles. The van der Waals surface area contributed by atoms with Crippen LogP contribution in [0.3, 0.4) is 0 Å². The lowest BCUT2D eigenvalue weighted by Gasteiger charge is -2.45. The van der Waals surface area contributed by atoms with Crippen molar-refractivity contribution in [1.29, 1.82) is 0 Å². The highest BCUT2D eigenvalue weighted by molar-refractivity contribution is 7.89. The zero-order chi connectivity index (χ0) is 26.4. The highest BCUT2D eigenvalue weighted by atomic mass is 32.2. The van der Waals surface area contributed by atoms with Gasteiger partial charge in [-0.2, -0.15) is 4.31 Å². The van der Waals surface area contributed by atoms with Crippen LogP contribution in [0.1, 0.15) is 19.8 Å².